The molecule has 0 bridgehead atoms. The van der Waals surface area contributed by atoms with E-state index >= 15 is 0 Å². The lowest BCUT2D eigenvalue weighted by atomic mass is 10.1. The largest absolute Gasteiger partial charge is 0.319 e. The number of carbonyl (C=O) groups is 1. The third-order valence-corrected chi connectivity index (χ3v) is 4.51. The van der Waals surface area contributed by atoms with Gasteiger partial charge in [-0.15, -0.1) is 11.3 Å². The predicted molar refractivity (Wildman–Crippen MR) is 94.2 cm³/mol. The Labute approximate surface area is 143 Å². The van der Waals surface area contributed by atoms with Crippen molar-refractivity contribution in [3.63, 3.8) is 0 Å². The first kappa shape index (κ1) is 15.6. The van der Waals surface area contributed by atoms with E-state index in [0.29, 0.717) is 16.4 Å². The Morgan fingerprint density at radius 1 is 1.30 bits per heavy atom. The zero-order chi connectivity index (χ0) is 16.4. The van der Waals surface area contributed by atoms with Crippen LogP contribution in [0.1, 0.15) is 21.6 Å². The SMILES string of the molecule is Cc1cc(C)c(NC(=O)c2csc(-c3cccnc3)n2)c(Cl)c1. The van der Waals surface area contributed by atoms with Crippen LogP contribution in [0.2, 0.25) is 5.02 Å². The smallest absolute Gasteiger partial charge is 0.275 e. The zero-order valence-electron chi connectivity index (χ0n) is 12.6. The van der Waals surface area contributed by atoms with Crippen LogP contribution in [0.3, 0.4) is 0 Å². The maximum Gasteiger partial charge on any atom is 0.275 e. The van der Waals surface area contributed by atoms with Gasteiger partial charge < -0.3 is 5.32 Å². The van der Waals surface area contributed by atoms with Crippen molar-refractivity contribution in [2.75, 3.05) is 5.32 Å². The van der Waals surface area contributed by atoms with E-state index in [1.165, 1.54) is 11.3 Å². The van der Waals surface area contributed by atoms with Gasteiger partial charge in [-0.2, -0.15) is 0 Å². The zero-order valence-corrected chi connectivity index (χ0v) is 14.2. The third-order valence-electron chi connectivity index (χ3n) is 3.32. The summed E-state index contributed by atoms with van der Waals surface area (Å²) in [6.45, 7) is 3.88. The number of benzene rings is 1. The molecule has 3 rings (SSSR count). The van der Waals surface area contributed by atoms with Crippen LogP contribution in [-0.2, 0) is 0 Å². The fraction of sp³-hybridized carbons (Fsp3) is 0.118. The fourth-order valence-electron chi connectivity index (χ4n) is 2.25. The molecule has 0 unspecified atom stereocenters. The summed E-state index contributed by atoms with van der Waals surface area (Å²) in [5.41, 5.74) is 3.85. The Morgan fingerprint density at radius 2 is 2.13 bits per heavy atom. The molecule has 1 N–H and O–H groups in total. The van der Waals surface area contributed by atoms with Crippen molar-refractivity contribution in [3.8, 4) is 10.6 Å². The molecule has 4 nitrogen and oxygen atoms in total. The van der Waals surface area contributed by atoms with Gasteiger partial charge in [-0.1, -0.05) is 17.7 Å². The van der Waals surface area contributed by atoms with Crippen LogP contribution in [0.5, 0.6) is 0 Å². The van der Waals surface area contributed by atoms with Crippen molar-refractivity contribution in [2.45, 2.75) is 13.8 Å². The summed E-state index contributed by atoms with van der Waals surface area (Å²) in [5, 5.41) is 5.86. The first-order valence-electron chi connectivity index (χ1n) is 6.98. The van der Waals surface area contributed by atoms with Gasteiger partial charge in [0.05, 0.1) is 10.7 Å². The molecule has 6 heteroatoms. The summed E-state index contributed by atoms with van der Waals surface area (Å²) in [7, 11) is 0. The van der Waals surface area contributed by atoms with E-state index in [2.05, 4.69) is 15.3 Å². The van der Waals surface area contributed by atoms with Crippen molar-refractivity contribution < 1.29 is 4.79 Å². The van der Waals surface area contributed by atoms with E-state index in [9.17, 15) is 4.79 Å². The summed E-state index contributed by atoms with van der Waals surface area (Å²) in [5.74, 6) is -0.273. The Morgan fingerprint density at radius 3 is 2.83 bits per heavy atom. The van der Waals surface area contributed by atoms with Gasteiger partial charge in [-0.25, -0.2) is 4.98 Å². The summed E-state index contributed by atoms with van der Waals surface area (Å²) >= 11 is 7.63. The maximum atomic E-state index is 12.4. The molecule has 0 saturated carbocycles. The molecule has 0 aliphatic heterocycles. The first-order valence-corrected chi connectivity index (χ1v) is 8.24. The Balaban J connectivity index is 1.84. The lowest BCUT2D eigenvalue weighted by Gasteiger charge is -2.10. The molecular weight excluding hydrogens is 330 g/mol. The minimum Gasteiger partial charge on any atom is -0.319 e. The number of amides is 1. The highest BCUT2D eigenvalue weighted by atomic mass is 35.5. The second kappa shape index (κ2) is 6.48. The summed E-state index contributed by atoms with van der Waals surface area (Å²) in [4.78, 5) is 20.8. The van der Waals surface area contributed by atoms with E-state index in [4.69, 9.17) is 11.6 Å². The van der Waals surface area contributed by atoms with Gasteiger partial charge in [0.2, 0.25) is 0 Å². The number of hydrogen-bond acceptors (Lipinski definition) is 4. The molecule has 116 valence electrons. The van der Waals surface area contributed by atoms with Crippen molar-refractivity contribution in [1.29, 1.82) is 0 Å². The van der Waals surface area contributed by atoms with Gasteiger partial charge >= 0.3 is 0 Å². The van der Waals surface area contributed by atoms with Crippen molar-refractivity contribution in [2.24, 2.45) is 0 Å². The van der Waals surface area contributed by atoms with Crippen LogP contribution >= 0.6 is 22.9 Å². The van der Waals surface area contributed by atoms with Gasteiger partial charge in [0.15, 0.2) is 0 Å². The van der Waals surface area contributed by atoms with E-state index in [1.54, 1.807) is 17.8 Å². The lowest BCUT2D eigenvalue weighted by molar-refractivity contribution is 0.102. The number of anilines is 1. The molecule has 0 aliphatic carbocycles. The fourth-order valence-corrected chi connectivity index (χ4v) is 3.41. The van der Waals surface area contributed by atoms with E-state index in [0.717, 1.165) is 21.7 Å². The van der Waals surface area contributed by atoms with Crippen LogP contribution in [0, 0.1) is 13.8 Å². The Bertz CT molecular complexity index is 838. The van der Waals surface area contributed by atoms with E-state index < -0.39 is 0 Å². The Hall–Kier alpha value is -2.24. The van der Waals surface area contributed by atoms with Crippen LogP contribution < -0.4 is 5.32 Å². The number of aryl methyl sites for hydroxylation is 2. The molecule has 0 aliphatic rings. The van der Waals surface area contributed by atoms with Gasteiger partial charge in [-0.05, 0) is 43.2 Å². The normalized spacial score (nSPS) is 10.6. The molecule has 23 heavy (non-hydrogen) atoms. The second-order valence-corrected chi connectivity index (χ2v) is 6.44. The second-order valence-electron chi connectivity index (χ2n) is 5.17. The van der Waals surface area contributed by atoms with E-state index in [-0.39, 0.29) is 5.91 Å². The number of thiazole rings is 1. The van der Waals surface area contributed by atoms with Gasteiger partial charge in [0, 0.05) is 23.3 Å². The lowest BCUT2D eigenvalue weighted by Crippen LogP contribution is -2.13. The monoisotopic (exact) mass is 343 g/mol. The topological polar surface area (TPSA) is 54.9 Å². The minimum absolute atomic E-state index is 0.273. The molecule has 2 aromatic heterocycles. The number of nitrogens with zero attached hydrogens (tertiary/aromatic N) is 2. The van der Waals surface area contributed by atoms with Gasteiger partial charge in [0.1, 0.15) is 10.7 Å². The number of aromatic nitrogens is 2. The molecule has 1 aromatic carbocycles. The summed E-state index contributed by atoms with van der Waals surface area (Å²) in [6.07, 6.45) is 3.43. The third kappa shape index (κ3) is 3.41. The molecular formula is C17H14ClN3OS. The quantitative estimate of drug-likeness (QED) is 0.748. The van der Waals surface area contributed by atoms with Crippen LogP contribution in [0.4, 0.5) is 5.69 Å². The van der Waals surface area contributed by atoms with Crippen LogP contribution in [0.25, 0.3) is 10.6 Å². The molecule has 1 amide bonds. The highest BCUT2D eigenvalue weighted by Crippen LogP contribution is 2.28. The number of halogens is 1. The molecule has 0 radical (unpaired) electrons. The average molecular weight is 344 g/mol. The molecule has 3 aromatic rings. The number of rotatable bonds is 3. The van der Waals surface area contributed by atoms with Crippen LogP contribution in [-0.4, -0.2) is 15.9 Å². The van der Waals surface area contributed by atoms with Gasteiger partial charge in [-0.3, -0.25) is 9.78 Å². The molecule has 0 fully saturated rings. The van der Waals surface area contributed by atoms with E-state index in [1.807, 2.05) is 38.1 Å². The first-order chi connectivity index (χ1) is 11.0. The van der Waals surface area contributed by atoms with Crippen molar-refractivity contribution >= 4 is 34.5 Å². The van der Waals surface area contributed by atoms with Crippen molar-refractivity contribution in [1.82, 2.24) is 9.97 Å². The predicted octanol–water partition coefficient (Wildman–Crippen LogP) is 4.73. The Kier molecular flexibility index (Phi) is 4.41. The number of nitrogens with one attached hydrogen (secondary N) is 1. The summed E-state index contributed by atoms with van der Waals surface area (Å²) < 4.78 is 0. The average Bonchev–Trinajstić information content (AvgIpc) is 3.01. The molecule has 0 spiro atoms. The van der Waals surface area contributed by atoms with Crippen molar-refractivity contribution in [3.05, 3.63) is 63.9 Å². The summed E-state index contributed by atoms with van der Waals surface area (Å²) in [6, 6.07) is 7.55. The number of pyridine rings is 1. The molecule has 2 heterocycles. The maximum absolute atomic E-state index is 12.4. The highest BCUT2D eigenvalue weighted by molar-refractivity contribution is 7.13. The number of hydrogen-bond donors (Lipinski definition) is 1. The molecule has 0 atom stereocenters. The standard InChI is InChI=1S/C17H14ClN3OS/c1-10-6-11(2)15(13(18)7-10)21-16(22)14-9-23-17(20-14)12-4-3-5-19-8-12/h3-9H,1-2H3,(H,21,22). The number of carbonyl (C=O) groups excluding carboxylic acids is 1. The van der Waals surface area contributed by atoms with Crippen LogP contribution in [0.15, 0.2) is 42.0 Å². The minimum atomic E-state index is -0.273. The highest BCUT2D eigenvalue weighted by Gasteiger charge is 2.15. The molecule has 0 saturated heterocycles. The van der Waals surface area contributed by atoms with Gasteiger partial charge in [0.25, 0.3) is 5.91 Å².